The number of thioether (sulfide) groups is 2. The molecule has 3 rings (SSSR count). The summed E-state index contributed by atoms with van der Waals surface area (Å²) in [5.41, 5.74) is 2.13. The maximum Gasteiger partial charge on any atom is 0.337 e. The fourth-order valence-electron chi connectivity index (χ4n) is 2.31. The summed E-state index contributed by atoms with van der Waals surface area (Å²) in [6.07, 6.45) is 0. The van der Waals surface area contributed by atoms with Crippen LogP contribution in [-0.2, 0) is 16.2 Å². The Morgan fingerprint density at radius 2 is 1.78 bits per heavy atom. The molecule has 5 nitrogen and oxygen atoms in total. The van der Waals surface area contributed by atoms with E-state index in [0.29, 0.717) is 22.2 Å². The maximum absolute atomic E-state index is 11.9. The quantitative estimate of drug-likeness (QED) is 0.366. The molecule has 0 unspecified atom stereocenters. The third-order valence-electron chi connectivity index (χ3n) is 3.65. The minimum atomic E-state index is -0.358. The normalized spacial score (nSPS) is 10.6. The zero-order valence-corrected chi connectivity index (χ0v) is 16.3. The van der Waals surface area contributed by atoms with Crippen molar-refractivity contribution in [3.05, 3.63) is 87.8 Å². The monoisotopic (exact) mass is 398 g/mol. The van der Waals surface area contributed by atoms with Crippen molar-refractivity contribution in [1.82, 2.24) is 9.97 Å². The highest BCUT2D eigenvalue weighted by atomic mass is 32.2. The van der Waals surface area contributed by atoms with Gasteiger partial charge in [-0.25, -0.2) is 9.78 Å². The molecular formula is C20H18N2O3S2. The smallest absolute Gasteiger partial charge is 0.337 e. The summed E-state index contributed by atoms with van der Waals surface area (Å²) in [7, 11) is 1.36. The SMILES string of the molecule is COC(=O)c1ccc(CSc2nc(CSc3ccccc3)cc(=O)[nH]2)cc1. The lowest BCUT2D eigenvalue weighted by Crippen LogP contribution is -2.09. The first-order valence-electron chi connectivity index (χ1n) is 8.22. The largest absolute Gasteiger partial charge is 0.465 e. The van der Waals surface area contributed by atoms with Crippen LogP contribution in [0.3, 0.4) is 0 Å². The van der Waals surface area contributed by atoms with Gasteiger partial charge in [0.1, 0.15) is 0 Å². The van der Waals surface area contributed by atoms with Crippen LogP contribution in [0.15, 0.2) is 75.5 Å². The predicted octanol–water partition coefficient (Wildman–Crippen LogP) is 4.14. The zero-order valence-electron chi connectivity index (χ0n) is 14.7. The van der Waals surface area contributed by atoms with Gasteiger partial charge in [-0.15, -0.1) is 11.8 Å². The lowest BCUT2D eigenvalue weighted by molar-refractivity contribution is 0.0600. The van der Waals surface area contributed by atoms with E-state index in [-0.39, 0.29) is 11.5 Å². The van der Waals surface area contributed by atoms with Gasteiger partial charge in [-0.3, -0.25) is 4.79 Å². The molecule has 0 aliphatic heterocycles. The van der Waals surface area contributed by atoms with Gasteiger partial charge in [0.2, 0.25) is 0 Å². The van der Waals surface area contributed by atoms with Gasteiger partial charge in [-0.1, -0.05) is 42.1 Å². The van der Waals surface area contributed by atoms with Gasteiger partial charge in [-0.2, -0.15) is 0 Å². The van der Waals surface area contributed by atoms with E-state index in [0.717, 1.165) is 16.2 Å². The maximum atomic E-state index is 11.9. The number of aromatic nitrogens is 2. The Balaban J connectivity index is 1.62. The van der Waals surface area contributed by atoms with E-state index in [2.05, 4.69) is 9.97 Å². The number of benzene rings is 2. The molecule has 7 heteroatoms. The lowest BCUT2D eigenvalue weighted by Gasteiger charge is -2.05. The van der Waals surface area contributed by atoms with E-state index >= 15 is 0 Å². The average molecular weight is 399 g/mol. The van der Waals surface area contributed by atoms with Crippen LogP contribution in [-0.4, -0.2) is 23.0 Å². The molecule has 0 atom stereocenters. The molecule has 0 amide bonds. The minimum absolute atomic E-state index is 0.155. The standard InChI is InChI=1S/C20H18N2O3S2/c1-25-19(24)15-9-7-14(8-10-15)12-27-20-21-16(11-18(23)22-20)13-26-17-5-3-2-4-6-17/h2-11H,12-13H2,1H3,(H,21,22,23). The van der Waals surface area contributed by atoms with Crippen LogP contribution in [0.2, 0.25) is 0 Å². The van der Waals surface area contributed by atoms with Crippen molar-refractivity contribution >= 4 is 29.5 Å². The van der Waals surface area contributed by atoms with Crippen LogP contribution in [0.5, 0.6) is 0 Å². The Kier molecular flexibility index (Phi) is 6.73. The van der Waals surface area contributed by atoms with Crippen LogP contribution < -0.4 is 5.56 Å². The molecule has 0 spiro atoms. The number of nitrogens with zero attached hydrogens (tertiary/aromatic N) is 1. The summed E-state index contributed by atoms with van der Waals surface area (Å²) in [6, 6.07) is 18.7. The predicted molar refractivity (Wildman–Crippen MR) is 108 cm³/mol. The van der Waals surface area contributed by atoms with Gasteiger partial charge in [-0.05, 0) is 29.8 Å². The first-order chi connectivity index (χ1) is 13.1. The molecule has 0 saturated heterocycles. The summed E-state index contributed by atoms with van der Waals surface area (Å²) >= 11 is 3.09. The second-order valence-electron chi connectivity index (χ2n) is 5.62. The van der Waals surface area contributed by atoms with Crippen molar-refractivity contribution in [1.29, 1.82) is 0 Å². The molecular weight excluding hydrogens is 380 g/mol. The van der Waals surface area contributed by atoms with Crippen LogP contribution >= 0.6 is 23.5 Å². The highest BCUT2D eigenvalue weighted by Gasteiger charge is 2.07. The summed E-state index contributed by atoms with van der Waals surface area (Å²) in [5.74, 6) is 0.915. The summed E-state index contributed by atoms with van der Waals surface area (Å²) in [6.45, 7) is 0. The van der Waals surface area contributed by atoms with Crippen LogP contribution in [0, 0.1) is 0 Å². The second-order valence-corrected chi connectivity index (χ2v) is 7.63. The number of carbonyl (C=O) groups excluding carboxylic acids is 1. The Hall–Kier alpha value is -2.51. The molecule has 1 aromatic heterocycles. The molecule has 3 aromatic rings. The topological polar surface area (TPSA) is 72.0 Å². The highest BCUT2D eigenvalue weighted by molar-refractivity contribution is 7.98. The van der Waals surface area contributed by atoms with Crippen LogP contribution in [0.4, 0.5) is 0 Å². The van der Waals surface area contributed by atoms with Gasteiger partial charge in [0.05, 0.1) is 18.4 Å². The van der Waals surface area contributed by atoms with Gasteiger partial charge >= 0.3 is 5.97 Å². The van der Waals surface area contributed by atoms with E-state index in [4.69, 9.17) is 4.74 Å². The van der Waals surface area contributed by atoms with Crippen molar-refractivity contribution in [2.24, 2.45) is 0 Å². The number of ether oxygens (including phenoxy) is 1. The highest BCUT2D eigenvalue weighted by Crippen LogP contribution is 2.23. The molecule has 2 aromatic carbocycles. The van der Waals surface area contributed by atoms with Gasteiger partial charge in [0.15, 0.2) is 5.16 Å². The number of nitrogens with one attached hydrogen (secondary N) is 1. The second kappa shape index (κ2) is 9.43. The average Bonchev–Trinajstić information content (AvgIpc) is 2.71. The summed E-state index contributed by atoms with van der Waals surface area (Å²) < 4.78 is 4.69. The van der Waals surface area contributed by atoms with E-state index < -0.39 is 0 Å². The molecule has 27 heavy (non-hydrogen) atoms. The number of esters is 1. The number of H-pyrrole nitrogens is 1. The molecule has 0 aliphatic rings. The van der Waals surface area contributed by atoms with E-state index in [1.54, 1.807) is 23.9 Å². The molecule has 1 heterocycles. The zero-order chi connectivity index (χ0) is 19.1. The van der Waals surface area contributed by atoms with Crippen molar-refractivity contribution in [2.75, 3.05) is 7.11 Å². The third-order valence-corrected chi connectivity index (χ3v) is 5.64. The first-order valence-corrected chi connectivity index (χ1v) is 10.2. The molecule has 0 bridgehead atoms. The number of methoxy groups -OCH3 is 1. The number of rotatable bonds is 7. The molecule has 138 valence electrons. The minimum Gasteiger partial charge on any atom is -0.465 e. The Morgan fingerprint density at radius 1 is 1.04 bits per heavy atom. The van der Waals surface area contributed by atoms with Crippen molar-refractivity contribution in [2.45, 2.75) is 21.6 Å². The van der Waals surface area contributed by atoms with E-state index in [9.17, 15) is 9.59 Å². The fraction of sp³-hybridized carbons (Fsp3) is 0.150. The molecule has 0 aliphatic carbocycles. The van der Waals surface area contributed by atoms with E-state index in [1.165, 1.54) is 24.9 Å². The van der Waals surface area contributed by atoms with Crippen molar-refractivity contribution < 1.29 is 9.53 Å². The molecule has 0 fully saturated rings. The third kappa shape index (κ3) is 5.74. The number of carbonyl (C=O) groups is 1. The summed E-state index contributed by atoms with van der Waals surface area (Å²) in [5, 5.41) is 0.586. The number of aromatic amines is 1. The molecule has 0 radical (unpaired) electrons. The van der Waals surface area contributed by atoms with Gasteiger partial charge in [0, 0.05) is 22.5 Å². The molecule has 1 N–H and O–H groups in total. The van der Waals surface area contributed by atoms with Gasteiger partial charge < -0.3 is 9.72 Å². The molecule has 0 saturated carbocycles. The number of hydrogen-bond donors (Lipinski definition) is 1. The number of hydrogen-bond acceptors (Lipinski definition) is 6. The first kappa shape index (κ1) is 19.3. The van der Waals surface area contributed by atoms with Crippen LogP contribution in [0.1, 0.15) is 21.6 Å². The van der Waals surface area contributed by atoms with Crippen molar-refractivity contribution in [3.8, 4) is 0 Å². The van der Waals surface area contributed by atoms with Gasteiger partial charge in [0.25, 0.3) is 5.56 Å². The lowest BCUT2D eigenvalue weighted by atomic mass is 10.1. The fourth-order valence-corrected chi connectivity index (χ4v) is 3.97. The Morgan fingerprint density at radius 3 is 2.48 bits per heavy atom. The van der Waals surface area contributed by atoms with Crippen molar-refractivity contribution in [3.63, 3.8) is 0 Å². The Bertz CT molecular complexity index is 957. The summed E-state index contributed by atoms with van der Waals surface area (Å²) in [4.78, 5) is 31.8. The Labute approximate surface area is 165 Å². The van der Waals surface area contributed by atoms with E-state index in [1.807, 2.05) is 42.5 Å². The van der Waals surface area contributed by atoms with Crippen LogP contribution in [0.25, 0.3) is 0 Å².